The average Bonchev–Trinajstić information content (AvgIpc) is 3.16. The minimum atomic E-state index is -3.64. The molecule has 0 bridgehead atoms. The zero-order chi connectivity index (χ0) is 20.7. The molecule has 0 atom stereocenters. The van der Waals surface area contributed by atoms with Crippen molar-refractivity contribution >= 4 is 27.3 Å². The van der Waals surface area contributed by atoms with Gasteiger partial charge in [-0.1, -0.05) is 0 Å². The molecule has 1 amide bonds. The van der Waals surface area contributed by atoms with E-state index in [0.717, 1.165) is 26.1 Å². The van der Waals surface area contributed by atoms with Crippen molar-refractivity contribution in [1.29, 1.82) is 0 Å². The fourth-order valence-corrected chi connectivity index (χ4v) is 5.13. The molecule has 1 aliphatic rings. The minimum absolute atomic E-state index is 0.0589. The van der Waals surface area contributed by atoms with E-state index in [9.17, 15) is 13.2 Å². The van der Waals surface area contributed by atoms with Crippen molar-refractivity contribution in [3.63, 3.8) is 0 Å². The zero-order valence-electron chi connectivity index (χ0n) is 16.5. The molecular weight excluding hydrogens is 410 g/mol. The number of sulfonamides is 1. The molecule has 2 N–H and O–H groups in total. The van der Waals surface area contributed by atoms with Gasteiger partial charge in [-0.05, 0) is 54.6 Å². The summed E-state index contributed by atoms with van der Waals surface area (Å²) in [7, 11) is -3.64. The smallest absolute Gasteiger partial charge is 0.240 e. The standard InChI is InChI=1S/C20H27N3O4S2/c1-2-27-17-3-5-18(6-4-17)29(25,26)22-10-7-20(24)21-11-13-23-12-8-19-16(15-23)9-14-28-19/h3-6,9,14,22H,2,7-8,10-13,15H2,1H3,(H,21,24). The molecule has 0 unspecified atom stereocenters. The van der Waals surface area contributed by atoms with E-state index < -0.39 is 10.0 Å². The number of rotatable bonds is 10. The first-order chi connectivity index (χ1) is 14.0. The number of benzene rings is 1. The summed E-state index contributed by atoms with van der Waals surface area (Å²) in [5.41, 5.74) is 1.39. The van der Waals surface area contributed by atoms with Gasteiger partial charge in [-0.15, -0.1) is 11.3 Å². The van der Waals surface area contributed by atoms with Crippen LogP contribution >= 0.6 is 11.3 Å². The third-order valence-electron chi connectivity index (χ3n) is 4.73. The van der Waals surface area contributed by atoms with E-state index in [0.29, 0.717) is 18.9 Å². The molecule has 1 aromatic heterocycles. The predicted octanol–water partition coefficient (Wildman–Crippen LogP) is 1.99. The Labute approximate surface area is 176 Å². The van der Waals surface area contributed by atoms with Gasteiger partial charge in [0.2, 0.25) is 15.9 Å². The van der Waals surface area contributed by atoms with Gasteiger partial charge in [-0.25, -0.2) is 13.1 Å². The first-order valence-corrected chi connectivity index (χ1v) is 12.1. The zero-order valence-corrected chi connectivity index (χ0v) is 18.2. The second kappa shape index (κ2) is 10.2. The summed E-state index contributed by atoms with van der Waals surface area (Å²) in [6.45, 7) is 5.73. The van der Waals surface area contributed by atoms with Crippen molar-refractivity contribution in [3.8, 4) is 5.75 Å². The largest absolute Gasteiger partial charge is 0.494 e. The van der Waals surface area contributed by atoms with Crippen LogP contribution in [0.5, 0.6) is 5.75 Å². The van der Waals surface area contributed by atoms with Crippen LogP contribution < -0.4 is 14.8 Å². The van der Waals surface area contributed by atoms with Crippen molar-refractivity contribution < 1.29 is 17.9 Å². The highest BCUT2D eigenvalue weighted by atomic mass is 32.2. The molecule has 0 saturated heterocycles. The van der Waals surface area contributed by atoms with Crippen LogP contribution in [0.25, 0.3) is 0 Å². The lowest BCUT2D eigenvalue weighted by Crippen LogP contribution is -2.38. The Balaban J connectivity index is 1.35. The number of carbonyl (C=O) groups is 1. The average molecular weight is 438 g/mol. The summed E-state index contributed by atoms with van der Waals surface area (Å²) in [5, 5.41) is 5.00. The number of hydrogen-bond donors (Lipinski definition) is 2. The van der Waals surface area contributed by atoms with E-state index in [1.165, 1.54) is 22.6 Å². The van der Waals surface area contributed by atoms with Crippen LogP contribution in [0.4, 0.5) is 0 Å². The van der Waals surface area contributed by atoms with Gasteiger partial charge in [0.1, 0.15) is 5.75 Å². The fraction of sp³-hybridized carbons (Fsp3) is 0.450. The molecule has 0 saturated carbocycles. The first kappa shape index (κ1) is 21.8. The molecule has 0 radical (unpaired) electrons. The fourth-order valence-electron chi connectivity index (χ4n) is 3.20. The van der Waals surface area contributed by atoms with Crippen LogP contribution in [0, 0.1) is 0 Å². The Morgan fingerprint density at radius 3 is 2.76 bits per heavy atom. The third kappa shape index (κ3) is 6.27. The number of nitrogens with zero attached hydrogens (tertiary/aromatic N) is 1. The molecular formula is C20H27N3O4S2. The molecule has 158 valence electrons. The van der Waals surface area contributed by atoms with E-state index >= 15 is 0 Å². The first-order valence-electron chi connectivity index (χ1n) is 9.75. The Kier molecular flexibility index (Phi) is 7.65. The molecule has 0 spiro atoms. The van der Waals surface area contributed by atoms with Crippen molar-refractivity contribution in [2.24, 2.45) is 0 Å². The van der Waals surface area contributed by atoms with Crippen molar-refractivity contribution in [1.82, 2.24) is 14.9 Å². The van der Waals surface area contributed by atoms with Crippen molar-refractivity contribution in [3.05, 3.63) is 46.2 Å². The lowest BCUT2D eigenvalue weighted by molar-refractivity contribution is -0.120. The van der Waals surface area contributed by atoms with Gasteiger partial charge in [0.15, 0.2) is 0 Å². The maximum absolute atomic E-state index is 12.3. The highest BCUT2D eigenvalue weighted by molar-refractivity contribution is 7.89. The minimum Gasteiger partial charge on any atom is -0.494 e. The van der Waals surface area contributed by atoms with Gasteiger partial charge in [-0.2, -0.15) is 0 Å². The van der Waals surface area contributed by atoms with E-state index in [1.54, 1.807) is 12.1 Å². The summed E-state index contributed by atoms with van der Waals surface area (Å²) in [4.78, 5) is 15.9. The lowest BCUT2D eigenvalue weighted by Gasteiger charge is -2.26. The number of carbonyl (C=O) groups excluding carboxylic acids is 1. The van der Waals surface area contributed by atoms with E-state index in [1.807, 2.05) is 18.3 Å². The molecule has 3 rings (SSSR count). The normalized spacial score (nSPS) is 14.4. The number of thiophene rings is 1. The summed E-state index contributed by atoms with van der Waals surface area (Å²) >= 11 is 1.81. The van der Waals surface area contributed by atoms with Crippen LogP contribution in [-0.4, -0.2) is 52.0 Å². The Morgan fingerprint density at radius 2 is 2.00 bits per heavy atom. The van der Waals surface area contributed by atoms with Crippen LogP contribution in [0.3, 0.4) is 0 Å². The molecule has 0 fully saturated rings. The maximum Gasteiger partial charge on any atom is 0.240 e. The van der Waals surface area contributed by atoms with Crippen LogP contribution in [0.15, 0.2) is 40.6 Å². The molecule has 29 heavy (non-hydrogen) atoms. The summed E-state index contributed by atoms with van der Waals surface area (Å²) in [5.74, 6) is 0.461. The molecule has 0 aliphatic carbocycles. The summed E-state index contributed by atoms with van der Waals surface area (Å²) in [6.07, 6.45) is 1.17. The molecule has 7 nitrogen and oxygen atoms in total. The highest BCUT2D eigenvalue weighted by Gasteiger charge is 2.17. The van der Waals surface area contributed by atoms with E-state index in [4.69, 9.17) is 4.74 Å². The van der Waals surface area contributed by atoms with Gasteiger partial charge in [0.05, 0.1) is 11.5 Å². The van der Waals surface area contributed by atoms with Crippen LogP contribution in [-0.2, 0) is 27.8 Å². The number of amides is 1. The van der Waals surface area contributed by atoms with Crippen molar-refractivity contribution in [2.45, 2.75) is 31.2 Å². The van der Waals surface area contributed by atoms with E-state index in [-0.39, 0.29) is 23.8 Å². The van der Waals surface area contributed by atoms with Crippen LogP contribution in [0.2, 0.25) is 0 Å². The number of ether oxygens (including phenoxy) is 1. The van der Waals surface area contributed by atoms with E-state index in [2.05, 4.69) is 26.4 Å². The molecule has 1 aromatic carbocycles. The Hall–Kier alpha value is -1.94. The SMILES string of the molecule is CCOc1ccc(S(=O)(=O)NCCC(=O)NCCN2CCc3sccc3C2)cc1. The summed E-state index contributed by atoms with van der Waals surface area (Å²) in [6, 6.07) is 8.38. The molecule has 1 aliphatic heterocycles. The van der Waals surface area contributed by atoms with Gasteiger partial charge in [0.25, 0.3) is 0 Å². The van der Waals surface area contributed by atoms with Gasteiger partial charge < -0.3 is 10.1 Å². The third-order valence-corrected chi connectivity index (χ3v) is 7.23. The second-order valence-electron chi connectivity index (χ2n) is 6.80. The van der Waals surface area contributed by atoms with Gasteiger partial charge in [0, 0.05) is 44.0 Å². The molecule has 2 heterocycles. The predicted molar refractivity (Wildman–Crippen MR) is 114 cm³/mol. The topological polar surface area (TPSA) is 87.7 Å². The Bertz CT molecular complexity index is 910. The number of nitrogens with one attached hydrogen (secondary N) is 2. The Morgan fingerprint density at radius 1 is 1.21 bits per heavy atom. The quantitative estimate of drug-likeness (QED) is 0.594. The number of hydrogen-bond acceptors (Lipinski definition) is 6. The van der Waals surface area contributed by atoms with Crippen molar-refractivity contribution in [2.75, 3.05) is 32.8 Å². The maximum atomic E-state index is 12.3. The lowest BCUT2D eigenvalue weighted by atomic mass is 10.1. The molecule has 9 heteroatoms. The monoisotopic (exact) mass is 437 g/mol. The summed E-state index contributed by atoms with van der Waals surface area (Å²) < 4.78 is 32.4. The number of fused-ring (bicyclic) bond motifs is 1. The highest BCUT2D eigenvalue weighted by Crippen LogP contribution is 2.23. The van der Waals surface area contributed by atoms with Crippen LogP contribution in [0.1, 0.15) is 23.8 Å². The van der Waals surface area contributed by atoms with Gasteiger partial charge in [-0.3, -0.25) is 9.69 Å². The molecule has 2 aromatic rings. The second-order valence-corrected chi connectivity index (χ2v) is 9.56. The van der Waals surface area contributed by atoms with Gasteiger partial charge >= 0.3 is 0 Å².